The van der Waals surface area contributed by atoms with Crippen molar-refractivity contribution in [2.24, 2.45) is 5.16 Å². The number of hydrogen-bond donors (Lipinski definition) is 1. The molecule has 1 aliphatic rings. The molecule has 6 heteroatoms. The van der Waals surface area contributed by atoms with Crippen molar-refractivity contribution in [1.82, 2.24) is 0 Å². The summed E-state index contributed by atoms with van der Waals surface area (Å²) in [5, 5.41) is 11.9. The standard InChI is InChI=1S/C11H11F3N2O/c12-11(13,14)7-16-6-5-9(15-17)8-3-1-2-4-10(8)16/h1-4,17H,5-7H2. The second-order valence-electron chi connectivity index (χ2n) is 3.85. The van der Waals surface area contributed by atoms with E-state index in [9.17, 15) is 13.2 Å². The summed E-state index contributed by atoms with van der Waals surface area (Å²) in [4.78, 5) is 1.25. The lowest BCUT2D eigenvalue weighted by atomic mass is 10.00. The molecule has 0 atom stereocenters. The third kappa shape index (κ3) is 2.51. The number of para-hydroxylation sites is 1. The predicted molar refractivity (Wildman–Crippen MR) is 57.7 cm³/mol. The second kappa shape index (κ2) is 4.27. The maximum atomic E-state index is 12.4. The van der Waals surface area contributed by atoms with Crippen LogP contribution in [0.2, 0.25) is 0 Å². The summed E-state index contributed by atoms with van der Waals surface area (Å²) in [7, 11) is 0. The number of nitrogens with zero attached hydrogens (tertiary/aromatic N) is 2. The molecule has 92 valence electrons. The van der Waals surface area contributed by atoms with Crippen molar-refractivity contribution in [2.45, 2.75) is 12.6 Å². The lowest BCUT2D eigenvalue weighted by molar-refractivity contribution is -0.119. The van der Waals surface area contributed by atoms with Gasteiger partial charge in [0.25, 0.3) is 0 Å². The van der Waals surface area contributed by atoms with E-state index in [1.807, 2.05) is 0 Å². The summed E-state index contributed by atoms with van der Waals surface area (Å²) >= 11 is 0. The number of halogens is 3. The molecule has 0 spiro atoms. The highest BCUT2D eigenvalue weighted by Gasteiger charge is 2.33. The van der Waals surface area contributed by atoms with Crippen LogP contribution in [0.15, 0.2) is 29.4 Å². The highest BCUT2D eigenvalue weighted by molar-refractivity contribution is 6.06. The van der Waals surface area contributed by atoms with Crippen molar-refractivity contribution in [2.75, 3.05) is 18.0 Å². The average Bonchev–Trinajstić information content (AvgIpc) is 2.28. The molecule has 0 unspecified atom stereocenters. The summed E-state index contributed by atoms with van der Waals surface area (Å²) in [5.41, 5.74) is 1.45. The van der Waals surface area contributed by atoms with Crippen LogP contribution in [0.3, 0.4) is 0 Å². The summed E-state index contributed by atoms with van der Waals surface area (Å²) in [6.07, 6.45) is -3.93. The van der Waals surface area contributed by atoms with Crippen LogP contribution in [-0.4, -0.2) is 30.2 Å². The molecule has 0 radical (unpaired) electrons. The maximum absolute atomic E-state index is 12.4. The van der Waals surface area contributed by atoms with Gasteiger partial charge in [-0.2, -0.15) is 13.2 Å². The first-order valence-electron chi connectivity index (χ1n) is 5.13. The smallest absolute Gasteiger partial charge is 0.405 e. The van der Waals surface area contributed by atoms with Crippen LogP contribution >= 0.6 is 0 Å². The normalized spacial score (nSPS) is 18.3. The minimum Gasteiger partial charge on any atom is -0.411 e. The lowest BCUT2D eigenvalue weighted by Crippen LogP contribution is -2.39. The zero-order valence-corrected chi connectivity index (χ0v) is 8.91. The highest BCUT2D eigenvalue weighted by atomic mass is 19.4. The number of alkyl halides is 3. The van der Waals surface area contributed by atoms with Gasteiger partial charge in [0, 0.05) is 24.2 Å². The van der Waals surface area contributed by atoms with Crippen LogP contribution < -0.4 is 4.90 Å². The quantitative estimate of drug-likeness (QED) is 0.609. The van der Waals surface area contributed by atoms with E-state index in [1.165, 1.54) is 4.90 Å². The summed E-state index contributed by atoms with van der Waals surface area (Å²) in [6, 6.07) is 6.64. The Hall–Kier alpha value is -1.72. The van der Waals surface area contributed by atoms with Gasteiger partial charge in [0.1, 0.15) is 6.54 Å². The Balaban J connectivity index is 2.35. The SMILES string of the molecule is ON=C1CCN(CC(F)(F)F)c2ccccc21. The van der Waals surface area contributed by atoms with Gasteiger partial charge in [0.2, 0.25) is 0 Å². The third-order valence-corrected chi connectivity index (χ3v) is 2.67. The number of oxime groups is 1. The maximum Gasteiger partial charge on any atom is 0.405 e. The Bertz CT molecular complexity index is 443. The Morgan fingerprint density at radius 2 is 2.00 bits per heavy atom. The molecule has 17 heavy (non-hydrogen) atoms. The van der Waals surface area contributed by atoms with Gasteiger partial charge in [0.15, 0.2) is 0 Å². The first-order chi connectivity index (χ1) is 8.01. The predicted octanol–water partition coefficient (Wildman–Crippen LogP) is 2.64. The number of benzene rings is 1. The van der Waals surface area contributed by atoms with E-state index in [4.69, 9.17) is 5.21 Å². The van der Waals surface area contributed by atoms with Gasteiger partial charge in [0.05, 0.1) is 5.71 Å². The fourth-order valence-corrected chi connectivity index (χ4v) is 1.97. The number of rotatable bonds is 1. The lowest BCUT2D eigenvalue weighted by Gasteiger charge is -2.31. The molecule has 1 N–H and O–H groups in total. The van der Waals surface area contributed by atoms with Crippen LogP contribution in [0.25, 0.3) is 0 Å². The number of anilines is 1. The van der Waals surface area contributed by atoms with Crippen molar-refractivity contribution in [3.63, 3.8) is 0 Å². The van der Waals surface area contributed by atoms with Gasteiger partial charge in [-0.05, 0) is 6.07 Å². The van der Waals surface area contributed by atoms with Gasteiger partial charge in [-0.25, -0.2) is 0 Å². The van der Waals surface area contributed by atoms with E-state index in [-0.39, 0.29) is 6.54 Å². The molecular weight excluding hydrogens is 233 g/mol. The van der Waals surface area contributed by atoms with E-state index >= 15 is 0 Å². The largest absolute Gasteiger partial charge is 0.411 e. The van der Waals surface area contributed by atoms with Crippen LogP contribution in [-0.2, 0) is 0 Å². The molecule has 2 rings (SSSR count). The van der Waals surface area contributed by atoms with E-state index in [0.29, 0.717) is 23.4 Å². The molecule has 0 aliphatic carbocycles. The summed E-state index contributed by atoms with van der Waals surface area (Å²) in [5.74, 6) is 0. The zero-order chi connectivity index (χ0) is 12.5. The van der Waals surface area contributed by atoms with Crippen molar-refractivity contribution in [3.8, 4) is 0 Å². The van der Waals surface area contributed by atoms with Crippen LogP contribution in [0.5, 0.6) is 0 Å². The third-order valence-electron chi connectivity index (χ3n) is 2.67. The van der Waals surface area contributed by atoms with Crippen molar-refractivity contribution in [3.05, 3.63) is 29.8 Å². The Morgan fingerprint density at radius 1 is 1.29 bits per heavy atom. The monoisotopic (exact) mass is 244 g/mol. The van der Waals surface area contributed by atoms with Gasteiger partial charge in [-0.3, -0.25) is 0 Å². The van der Waals surface area contributed by atoms with E-state index in [1.54, 1.807) is 24.3 Å². The van der Waals surface area contributed by atoms with Gasteiger partial charge in [-0.1, -0.05) is 23.4 Å². The molecule has 0 bridgehead atoms. The molecule has 1 aliphatic heterocycles. The van der Waals surface area contributed by atoms with Crippen molar-refractivity contribution >= 4 is 11.4 Å². The van der Waals surface area contributed by atoms with E-state index in [0.717, 1.165) is 0 Å². The highest BCUT2D eigenvalue weighted by Crippen LogP contribution is 2.30. The Kier molecular flexibility index (Phi) is 2.95. The molecule has 0 saturated carbocycles. The molecule has 0 aromatic heterocycles. The molecular formula is C11H11F3N2O. The molecule has 0 fully saturated rings. The first kappa shape index (κ1) is 11.8. The Morgan fingerprint density at radius 3 is 2.65 bits per heavy atom. The zero-order valence-electron chi connectivity index (χ0n) is 8.91. The summed E-state index contributed by atoms with van der Waals surface area (Å²) in [6.45, 7) is -0.779. The fraction of sp³-hybridized carbons (Fsp3) is 0.364. The van der Waals surface area contributed by atoms with Crippen LogP contribution in [0.4, 0.5) is 18.9 Å². The molecule has 0 amide bonds. The molecule has 1 aromatic rings. The number of fused-ring (bicyclic) bond motifs is 1. The topological polar surface area (TPSA) is 35.8 Å². The first-order valence-corrected chi connectivity index (χ1v) is 5.13. The molecule has 1 aromatic carbocycles. The van der Waals surface area contributed by atoms with Crippen LogP contribution in [0.1, 0.15) is 12.0 Å². The van der Waals surface area contributed by atoms with Gasteiger partial charge in [-0.15, -0.1) is 0 Å². The van der Waals surface area contributed by atoms with Gasteiger partial charge < -0.3 is 10.1 Å². The van der Waals surface area contributed by atoms with E-state index in [2.05, 4.69) is 5.16 Å². The fourth-order valence-electron chi connectivity index (χ4n) is 1.97. The second-order valence-corrected chi connectivity index (χ2v) is 3.85. The number of hydrogen-bond acceptors (Lipinski definition) is 3. The minimum atomic E-state index is -4.24. The molecule has 0 saturated heterocycles. The van der Waals surface area contributed by atoms with E-state index < -0.39 is 12.7 Å². The minimum absolute atomic E-state index is 0.204. The summed E-state index contributed by atoms with van der Waals surface area (Å²) < 4.78 is 37.2. The van der Waals surface area contributed by atoms with Gasteiger partial charge >= 0.3 is 6.18 Å². The molecule has 3 nitrogen and oxygen atoms in total. The van der Waals surface area contributed by atoms with Crippen LogP contribution in [0, 0.1) is 0 Å². The molecule has 1 heterocycles. The van der Waals surface area contributed by atoms with Crippen molar-refractivity contribution < 1.29 is 18.4 Å². The van der Waals surface area contributed by atoms with Crippen molar-refractivity contribution in [1.29, 1.82) is 0 Å². The Labute approximate surface area is 96.2 Å². The average molecular weight is 244 g/mol.